The predicted octanol–water partition coefficient (Wildman–Crippen LogP) is 0.818. The average Bonchev–Trinajstić information content (AvgIpc) is 2.47. The number of rotatable bonds is 6. The molecule has 0 atom stereocenters. The van der Waals surface area contributed by atoms with Gasteiger partial charge in [0.2, 0.25) is 5.91 Å². The summed E-state index contributed by atoms with van der Waals surface area (Å²) in [4.78, 5) is 18.0. The van der Waals surface area contributed by atoms with Crippen molar-refractivity contribution < 1.29 is 9.53 Å². The Morgan fingerprint density at radius 1 is 1.25 bits per heavy atom. The van der Waals surface area contributed by atoms with Crippen molar-refractivity contribution in [2.75, 3.05) is 46.9 Å². The van der Waals surface area contributed by atoms with E-state index in [9.17, 15) is 4.79 Å². The number of nitrogens with zero attached hydrogens (tertiary/aromatic N) is 2. The summed E-state index contributed by atoms with van der Waals surface area (Å²) in [6.07, 6.45) is 4.39. The summed E-state index contributed by atoms with van der Waals surface area (Å²) in [6, 6.07) is 0. The number of guanidine groups is 1. The Bertz CT molecular complexity index is 294. The Labute approximate surface area is 138 Å². The quantitative estimate of drug-likeness (QED) is 0.301. The second kappa shape index (κ2) is 12.2. The molecule has 1 aliphatic rings. The fourth-order valence-corrected chi connectivity index (χ4v) is 2.06. The van der Waals surface area contributed by atoms with Gasteiger partial charge in [-0.3, -0.25) is 9.79 Å². The minimum atomic E-state index is 0. The van der Waals surface area contributed by atoms with Crippen molar-refractivity contribution in [1.82, 2.24) is 15.5 Å². The van der Waals surface area contributed by atoms with Crippen molar-refractivity contribution in [1.29, 1.82) is 0 Å². The van der Waals surface area contributed by atoms with Gasteiger partial charge in [-0.15, -0.1) is 24.0 Å². The zero-order valence-electron chi connectivity index (χ0n) is 12.5. The molecule has 1 heterocycles. The van der Waals surface area contributed by atoms with E-state index in [1.165, 1.54) is 6.42 Å². The molecule has 1 fully saturated rings. The third-order valence-electron chi connectivity index (χ3n) is 3.16. The standard InChI is InChI=1S/C13H26N4O2.HI/c1-14-13(15-7-6-10-19-2)16-11-12(18)17-8-4-3-5-9-17;/h3-11H2,1-2H3,(H2,14,15,16);1H. The number of carbonyl (C=O) groups excluding carboxylic acids is 1. The summed E-state index contributed by atoms with van der Waals surface area (Å²) in [5.74, 6) is 0.820. The Kier molecular flexibility index (Phi) is 11.8. The maximum atomic E-state index is 12.0. The Morgan fingerprint density at radius 2 is 1.95 bits per heavy atom. The van der Waals surface area contributed by atoms with Crippen LogP contribution in [0.15, 0.2) is 4.99 Å². The lowest BCUT2D eigenvalue weighted by Gasteiger charge is -2.27. The molecule has 0 aromatic rings. The smallest absolute Gasteiger partial charge is 0.241 e. The van der Waals surface area contributed by atoms with Gasteiger partial charge in [-0.2, -0.15) is 0 Å². The monoisotopic (exact) mass is 398 g/mol. The van der Waals surface area contributed by atoms with E-state index in [1.54, 1.807) is 14.2 Å². The number of hydrogen-bond acceptors (Lipinski definition) is 3. The van der Waals surface area contributed by atoms with Gasteiger partial charge in [0.1, 0.15) is 0 Å². The van der Waals surface area contributed by atoms with Gasteiger partial charge in [-0.05, 0) is 25.7 Å². The van der Waals surface area contributed by atoms with Crippen molar-refractivity contribution in [2.24, 2.45) is 4.99 Å². The average molecular weight is 398 g/mol. The number of likely N-dealkylation sites (tertiary alicyclic amines) is 1. The molecule has 2 N–H and O–H groups in total. The Balaban J connectivity index is 0.00000361. The first-order valence-corrected chi connectivity index (χ1v) is 6.99. The van der Waals surface area contributed by atoms with Crippen molar-refractivity contribution in [3.8, 4) is 0 Å². The largest absolute Gasteiger partial charge is 0.385 e. The van der Waals surface area contributed by atoms with Crippen LogP contribution >= 0.6 is 24.0 Å². The van der Waals surface area contributed by atoms with Gasteiger partial charge in [0.15, 0.2) is 5.96 Å². The zero-order valence-corrected chi connectivity index (χ0v) is 14.8. The summed E-state index contributed by atoms with van der Waals surface area (Å²) < 4.78 is 4.97. The lowest BCUT2D eigenvalue weighted by molar-refractivity contribution is -0.130. The van der Waals surface area contributed by atoms with Gasteiger partial charge in [0.25, 0.3) is 0 Å². The summed E-state index contributed by atoms with van der Waals surface area (Å²) in [5.41, 5.74) is 0. The molecule has 6 nitrogen and oxygen atoms in total. The highest BCUT2D eigenvalue weighted by molar-refractivity contribution is 14.0. The van der Waals surface area contributed by atoms with Crippen LogP contribution in [0.2, 0.25) is 0 Å². The van der Waals surface area contributed by atoms with Crippen LogP contribution in [0.1, 0.15) is 25.7 Å². The first-order chi connectivity index (χ1) is 9.27. The minimum Gasteiger partial charge on any atom is -0.385 e. The maximum absolute atomic E-state index is 12.0. The number of piperidine rings is 1. The van der Waals surface area contributed by atoms with Gasteiger partial charge in [-0.1, -0.05) is 0 Å². The third kappa shape index (κ3) is 7.88. The van der Waals surface area contributed by atoms with Crippen LogP contribution in [-0.4, -0.2) is 63.7 Å². The SMILES string of the molecule is CN=C(NCCCOC)NCC(=O)N1CCCCC1.I. The molecule has 0 unspecified atom stereocenters. The first-order valence-electron chi connectivity index (χ1n) is 6.99. The summed E-state index contributed by atoms with van der Waals surface area (Å²) in [7, 11) is 3.39. The number of aliphatic imine (C=N–C) groups is 1. The fourth-order valence-electron chi connectivity index (χ4n) is 2.06. The summed E-state index contributed by atoms with van der Waals surface area (Å²) in [5, 5.41) is 6.20. The molecule has 0 aromatic carbocycles. The topological polar surface area (TPSA) is 66.0 Å². The molecule has 1 aliphatic heterocycles. The van der Waals surface area contributed by atoms with Gasteiger partial charge in [-0.25, -0.2) is 0 Å². The van der Waals surface area contributed by atoms with Gasteiger partial charge >= 0.3 is 0 Å². The molecule has 20 heavy (non-hydrogen) atoms. The molecular formula is C13H27IN4O2. The molecule has 1 rings (SSSR count). The predicted molar refractivity (Wildman–Crippen MR) is 91.7 cm³/mol. The molecule has 1 amide bonds. The van der Waals surface area contributed by atoms with E-state index in [0.717, 1.165) is 45.5 Å². The highest BCUT2D eigenvalue weighted by Gasteiger charge is 2.16. The third-order valence-corrected chi connectivity index (χ3v) is 3.16. The molecule has 1 saturated heterocycles. The molecule has 0 aromatic heterocycles. The highest BCUT2D eigenvalue weighted by Crippen LogP contribution is 2.07. The van der Waals surface area contributed by atoms with E-state index in [2.05, 4.69) is 15.6 Å². The second-order valence-electron chi connectivity index (χ2n) is 4.64. The van der Waals surface area contributed by atoms with Crippen molar-refractivity contribution in [3.63, 3.8) is 0 Å². The van der Waals surface area contributed by atoms with Crippen molar-refractivity contribution >= 4 is 35.8 Å². The number of methoxy groups -OCH3 is 1. The lowest BCUT2D eigenvalue weighted by Crippen LogP contribution is -2.46. The Morgan fingerprint density at radius 3 is 2.55 bits per heavy atom. The highest BCUT2D eigenvalue weighted by atomic mass is 127. The van der Waals surface area contributed by atoms with Gasteiger partial charge in [0, 0.05) is 40.4 Å². The van der Waals surface area contributed by atoms with Crippen LogP contribution in [0.3, 0.4) is 0 Å². The number of amides is 1. The van der Waals surface area contributed by atoms with Crippen LogP contribution in [-0.2, 0) is 9.53 Å². The van der Waals surface area contributed by atoms with E-state index in [1.807, 2.05) is 4.90 Å². The molecule has 0 radical (unpaired) electrons. The number of nitrogens with one attached hydrogen (secondary N) is 2. The lowest BCUT2D eigenvalue weighted by atomic mass is 10.1. The molecule has 118 valence electrons. The van der Waals surface area contributed by atoms with Crippen molar-refractivity contribution in [3.05, 3.63) is 0 Å². The van der Waals surface area contributed by atoms with E-state index < -0.39 is 0 Å². The molecule has 0 bridgehead atoms. The van der Waals surface area contributed by atoms with Crippen LogP contribution in [0, 0.1) is 0 Å². The van der Waals surface area contributed by atoms with E-state index in [-0.39, 0.29) is 29.9 Å². The zero-order chi connectivity index (χ0) is 13.9. The number of hydrogen-bond donors (Lipinski definition) is 2. The van der Waals surface area contributed by atoms with Crippen LogP contribution in [0.25, 0.3) is 0 Å². The number of ether oxygens (including phenoxy) is 1. The second-order valence-corrected chi connectivity index (χ2v) is 4.64. The fraction of sp³-hybridized carbons (Fsp3) is 0.846. The van der Waals surface area contributed by atoms with E-state index in [0.29, 0.717) is 12.5 Å². The van der Waals surface area contributed by atoms with Gasteiger partial charge < -0.3 is 20.3 Å². The maximum Gasteiger partial charge on any atom is 0.241 e. The Hall–Kier alpha value is -0.570. The number of halogens is 1. The molecule has 0 saturated carbocycles. The molecule has 7 heteroatoms. The van der Waals surface area contributed by atoms with Crippen LogP contribution < -0.4 is 10.6 Å². The van der Waals surface area contributed by atoms with Crippen LogP contribution in [0.5, 0.6) is 0 Å². The van der Waals surface area contributed by atoms with Crippen molar-refractivity contribution in [2.45, 2.75) is 25.7 Å². The first kappa shape index (κ1) is 19.4. The number of carbonyl (C=O) groups is 1. The summed E-state index contributed by atoms with van der Waals surface area (Å²) in [6.45, 7) is 3.59. The molecular weight excluding hydrogens is 371 g/mol. The normalized spacial score (nSPS) is 15.5. The summed E-state index contributed by atoms with van der Waals surface area (Å²) >= 11 is 0. The van der Waals surface area contributed by atoms with Crippen LogP contribution in [0.4, 0.5) is 0 Å². The van der Waals surface area contributed by atoms with Gasteiger partial charge in [0.05, 0.1) is 6.54 Å². The minimum absolute atomic E-state index is 0. The molecule has 0 aliphatic carbocycles. The van der Waals surface area contributed by atoms with E-state index in [4.69, 9.17) is 4.74 Å². The molecule has 0 spiro atoms. The van der Waals surface area contributed by atoms with E-state index >= 15 is 0 Å².